The number of amides is 2. The summed E-state index contributed by atoms with van der Waals surface area (Å²) < 4.78 is 0. The molecule has 1 aliphatic rings. The highest BCUT2D eigenvalue weighted by molar-refractivity contribution is 7.80. The van der Waals surface area contributed by atoms with E-state index in [0.29, 0.717) is 29.9 Å². The van der Waals surface area contributed by atoms with E-state index >= 15 is 0 Å². The van der Waals surface area contributed by atoms with E-state index in [1.807, 2.05) is 4.90 Å². The van der Waals surface area contributed by atoms with Crippen LogP contribution >= 0.6 is 12.2 Å². The number of carbonyl (C=O) groups excluding carboxylic acids is 1. The van der Waals surface area contributed by atoms with Gasteiger partial charge in [-0.2, -0.15) is 0 Å². The first-order chi connectivity index (χ1) is 7.49. The maximum atomic E-state index is 11.9. The fourth-order valence-electron chi connectivity index (χ4n) is 1.46. The molecule has 0 spiro atoms. The number of carbonyl (C=O) groups is 1. The van der Waals surface area contributed by atoms with Gasteiger partial charge >= 0.3 is 6.03 Å². The van der Waals surface area contributed by atoms with Crippen LogP contribution in [0.2, 0.25) is 0 Å². The van der Waals surface area contributed by atoms with Gasteiger partial charge in [0.2, 0.25) is 0 Å². The minimum Gasteiger partial charge on any atom is -0.393 e. The van der Waals surface area contributed by atoms with Crippen molar-refractivity contribution in [3.63, 3.8) is 0 Å². The summed E-state index contributed by atoms with van der Waals surface area (Å²) in [6, 6.07) is 0.416. The number of nitrogens with one attached hydrogen (secondary N) is 1. The summed E-state index contributed by atoms with van der Waals surface area (Å²) in [7, 11) is 0. The van der Waals surface area contributed by atoms with Crippen LogP contribution in [-0.4, -0.2) is 35.1 Å². The van der Waals surface area contributed by atoms with E-state index in [9.17, 15) is 4.79 Å². The zero-order valence-electron chi connectivity index (χ0n) is 10.0. The Morgan fingerprint density at radius 2 is 2.19 bits per heavy atom. The lowest BCUT2D eigenvalue weighted by molar-refractivity contribution is 0.192. The van der Waals surface area contributed by atoms with Gasteiger partial charge in [-0.1, -0.05) is 26.1 Å². The van der Waals surface area contributed by atoms with Crippen LogP contribution in [0.25, 0.3) is 0 Å². The summed E-state index contributed by atoms with van der Waals surface area (Å²) in [6.45, 7) is 5.56. The monoisotopic (exact) mass is 243 g/mol. The highest BCUT2D eigenvalue weighted by Crippen LogP contribution is 2.19. The summed E-state index contributed by atoms with van der Waals surface area (Å²) >= 11 is 4.83. The van der Waals surface area contributed by atoms with Crippen molar-refractivity contribution in [1.82, 2.24) is 10.2 Å². The Bertz CT molecular complexity index is 264. The fraction of sp³-hybridized carbons (Fsp3) is 0.818. The molecule has 0 saturated heterocycles. The molecule has 0 bridgehead atoms. The lowest BCUT2D eigenvalue weighted by Crippen LogP contribution is -2.44. The van der Waals surface area contributed by atoms with Crippen molar-refractivity contribution < 1.29 is 4.79 Å². The number of thiocarbonyl (C=S) groups is 1. The molecular weight excluding hydrogens is 222 g/mol. The second-order valence-electron chi connectivity index (χ2n) is 4.78. The zero-order valence-corrected chi connectivity index (χ0v) is 10.8. The van der Waals surface area contributed by atoms with Crippen LogP contribution in [0.1, 0.15) is 33.1 Å². The molecule has 1 rings (SSSR count). The summed E-state index contributed by atoms with van der Waals surface area (Å²) in [4.78, 5) is 14.1. The molecule has 5 heteroatoms. The lowest BCUT2D eigenvalue weighted by Gasteiger charge is -2.24. The van der Waals surface area contributed by atoms with Crippen LogP contribution in [0.5, 0.6) is 0 Å². The molecule has 0 unspecified atom stereocenters. The largest absolute Gasteiger partial charge is 0.393 e. The summed E-state index contributed by atoms with van der Waals surface area (Å²) in [5.74, 6) is 0.455. The third kappa shape index (κ3) is 5.30. The maximum absolute atomic E-state index is 11.9. The smallest absolute Gasteiger partial charge is 0.317 e. The molecule has 0 aromatic carbocycles. The number of hydrogen-bond acceptors (Lipinski definition) is 2. The Morgan fingerprint density at radius 3 is 2.62 bits per heavy atom. The van der Waals surface area contributed by atoms with Gasteiger partial charge in [-0.25, -0.2) is 4.79 Å². The number of hydrogen-bond donors (Lipinski definition) is 2. The van der Waals surface area contributed by atoms with Gasteiger partial charge in [-0.3, -0.25) is 0 Å². The summed E-state index contributed by atoms with van der Waals surface area (Å²) in [5.41, 5.74) is 5.46. The minimum absolute atomic E-state index is 0.0208. The first kappa shape index (κ1) is 13.2. The van der Waals surface area contributed by atoms with Gasteiger partial charge in [-0.05, 0) is 18.8 Å². The number of urea groups is 1. The zero-order chi connectivity index (χ0) is 12.1. The van der Waals surface area contributed by atoms with Gasteiger partial charge in [0.15, 0.2) is 0 Å². The van der Waals surface area contributed by atoms with E-state index in [-0.39, 0.29) is 6.03 Å². The lowest BCUT2D eigenvalue weighted by atomic mass is 10.2. The van der Waals surface area contributed by atoms with Crippen molar-refractivity contribution in [3.8, 4) is 0 Å². The molecular formula is C11H21N3OS. The van der Waals surface area contributed by atoms with E-state index in [1.54, 1.807) is 0 Å². The van der Waals surface area contributed by atoms with Crippen molar-refractivity contribution in [2.45, 2.75) is 39.2 Å². The summed E-state index contributed by atoms with van der Waals surface area (Å²) in [6.07, 6.45) is 2.81. The number of nitrogens with zero attached hydrogens (tertiary/aromatic N) is 1. The SMILES string of the molecule is CC(C)CN(CCC(N)=S)C(=O)NC1CC1. The molecule has 1 aliphatic carbocycles. The van der Waals surface area contributed by atoms with Gasteiger partial charge in [0.05, 0.1) is 4.99 Å². The third-order valence-electron chi connectivity index (χ3n) is 2.41. The second kappa shape index (κ2) is 6.03. The standard InChI is InChI=1S/C11H21N3OS/c1-8(2)7-14(6-5-10(12)16)11(15)13-9-3-4-9/h8-9H,3-7H2,1-2H3,(H2,12,16)(H,13,15). The van der Waals surface area contributed by atoms with E-state index < -0.39 is 0 Å². The molecule has 0 radical (unpaired) electrons. The Balaban J connectivity index is 2.40. The van der Waals surface area contributed by atoms with Gasteiger partial charge in [0.1, 0.15) is 0 Å². The molecule has 3 N–H and O–H groups in total. The highest BCUT2D eigenvalue weighted by atomic mass is 32.1. The number of rotatable bonds is 6. The van der Waals surface area contributed by atoms with Crippen molar-refractivity contribution in [2.24, 2.45) is 11.7 Å². The van der Waals surface area contributed by atoms with Crippen LogP contribution in [0.4, 0.5) is 4.79 Å². The quantitative estimate of drug-likeness (QED) is 0.695. The molecule has 0 aromatic heterocycles. The van der Waals surface area contributed by atoms with Gasteiger partial charge < -0.3 is 16.0 Å². The van der Waals surface area contributed by atoms with E-state index in [1.165, 1.54) is 0 Å². The molecule has 16 heavy (non-hydrogen) atoms. The van der Waals surface area contributed by atoms with Crippen molar-refractivity contribution in [2.75, 3.05) is 13.1 Å². The van der Waals surface area contributed by atoms with Gasteiger partial charge in [-0.15, -0.1) is 0 Å². The normalized spacial score (nSPS) is 14.9. The highest BCUT2D eigenvalue weighted by Gasteiger charge is 2.25. The summed E-state index contributed by atoms with van der Waals surface area (Å²) in [5, 5.41) is 2.99. The Morgan fingerprint density at radius 1 is 1.56 bits per heavy atom. The van der Waals surface area contributed by atoms with Crippen LogP contribution in [-0.2, 0) is 0 Å². The minimum atomic E-state index is 0.0208. The first-order valence-corrected chi connectivity index (χ1v) is 6.23. The molecule has 2 amide bonds. The molecule has 0 heterocycles. The molecule has 1 fully saturated rings. The van der Waals surface area contributed by atoms with Crippen LogP contribution in [0, 0.1) is 5.92 Å². The fourth-order valence-corrected chi connectivity index (χ4v) is 1.55. The van der Waals surface area contributed by atoms with E-state index in [2.05, 4.69) is 19.2 Å². The van der Waals surface area contributed by atoms with Crippen LogP contribution < -0.4 is 11.1 Å². The Labute approximate surface area is 103 Å². The average molecular weight is 243 g/mol. The van der Waals surface area contributed by atoms with Crippen molar-refractivity contribution in [3.05, 3.63) is 0 Å². The molecule has 92 valence electrons. The average Bonchev–Trinajstić information content (AvgIpc) is 2.94. The molecule has 4 nitrogen and oxygen atoms in total. The van der Waals surface area contributed by atoms with Crippen LogP contribution in [0.15, 0.2) is 0 Å². The van der Waals surface area contributed by atoms with Crippen molar-refractivity contribution >= 4 is 23.2 Å². The third-order valence-corrected chi connectivity index (χ3v) is 2.61. The van der Waals surface area contributed by atoms with Crippen molar-refractivity contribution in [1.29, 1.82) is 0 Å². The Kier molecular flexibility index (Phi) is 4.99. The Hall–Kier alpha value is -0.840. The predicted octanol–water partition coefficient (Wildman–Crippen LogP) is 1.49. The molecule has 0 aromatic rings. The number of nitrogens with two attached hydrogens (primary N) is 1. The molecule has 0 aliphatic heterocycles. The molecule has 1 saturated carbocycles. The van der Waals surface area contributed by atoms with E-state index in [4.69, 9.17) is 18.0 Å². The van der Waals surface area contributed by atoms with Gasteiger partial charge in [0.25, 0.3) is 0 Å². The van der Waals surface area contributed by atoms with Crippen LogP contribution in [0.3, 0.4) is 0 Å². The van der Waals surface area contributed by atoms with E-state index in [0.717, 1.165) is 19.4 Å². The topological polar surface area (TPSA) is 58.4 Å². The first-order valence-electron chi connectivity index (χ1n) is 5.82. The molecule has 0 atom stereocenters. The maximum Gasteiger partial charge on any atom is 0.317 e. The second-order valence-corrected chi connectivity index (χ2v) is 5.30. The predicted molar refractivity (Wildman–Crippen MR) is 69.4 cm³/mol. The van der Waals surface area contributed by atoms with Gasteiger partial charge in [0, 0.05) is 25.6 Å².